The number of pyridine rings is 1. The zero-order chi connectivity index (χ0) is 18.8. The van der Waals surface area contributed by atoms with Gasteiger partial charge in [-0.3, -0.25) is 19.3 Å². The van der Waals surface area contributed by atoms with Gasteiger partial charge in [-0.25, -0.2) is 9.78 Å². The summed E-state index contributed by atoms with van der Waals surface area (Å²) in [5.41, 5.74) is 0.390. The number of aryl methyl sites for hydroxylation is 1. The van der Waals surface area contributed by atoms with Crippen LogP contribution >= 0.6 is 11.6 Å². The highest BCUT2D eigenvalue weighted by Crippen LogP contribution is 2.24. The molecule has 0 spiro atoms. The minimum Gasteiger partial charge on any atom is -0.455 e. The Labute approximate surface area is 151 Å². The number of halogens is 1. The van der Waals surface area contributed by atoms with Gasteiger partial charge in [0.25, 0.3) is 11.2 Å². The predicted octanol–water partition coefficient (Wildman–Crippen LogP) is 2.92. The van der Waals surface area contributed by atoms with Crippen LogP contribution in [0.3, 0.4) is 0 Å². The maximum absolute atomic E-state index is 12.2. The van der Waals surface area contributed by atoms with Gasteiger partial charge >= 0.3 is 5.97 Å². The minimum atomic E-state index is -0.903. The van der Waals surface area contributed by atoms with Crippen LogP contribution < -0.4 is 5.56 Å². The molecule has 132 valence electrons. The Morgan fingerprint density at radius 1 is 1.31 bits per heavy atom. The molecule has 0 fully saturated rings. The fraction of sp³-hybridized carbons (Fsp3) is 0.118. The molecule has 0 aliphatic rings. The maximum atomic E-state index is 12.2. The van der Waals surface area contributed by atoms with E-state index in [2.05, 4.69) is 4.98 Å². The highest BCUT2D eigenvalue weighted by Gasteiger charge is 2.22. The van der Waals surface area contributed by atoms with Gasteiger partial charge in [0.1, 0.15) is 17.8 Å². The fourth-order valence-electron chi connectivity index (χ4n) is 2.48. The molecular weight excluding hydrogens is 362 g/mol. The van der Waals surface area contributed by atoms with E-state index in [0.29, 0.717) is 5.65 Å². The molecular formula is C17H12ClN3O5. The van der Waals surface area contributed by atoms with Crippen molar-refractivity contribution in [2.24, 2.45) is 0 Å². The predicted molar refractivity (Wildman–Crippen MR) is 93.4 cm³/mol. The van der Waals surface area contributed by atoms with E-state index in [1.807, 2.05) is 0 Å². The highest BCUT2D eigenvalue weighted by atomic mass is 35.5. The molecule has 8 nitrogen and oxygen atoms in total. The molecule has 0 radical (unpaired) electrons. The van der Waals surface area contributed by atoms with Gasteiger partial charge < -0.3 is 4.74 Å². The van der Waals surface area contributed by atoms with Crippen LogP contribution in [0.4, 0.5) is 5.69 Å². The second kappa shape index (κ2) is 6.93. The molecule has 2 heterocycles. The minimum absolute atomic E-state index is 0.132. The largest absolute Gasteiger partial charge is 0.455 e. The van der Waals surface area contributed by atoms with E-state index in [0.717, 1.165) is 11.8 Å². The number of ether oxygens (including phenoxy) is 1. The molecule has 2 aromatic heterocycles. The Bertz CT molecular complexity index is 1090. The van der Waals surface area contributed by atoms with Crippen molar-refractivity contribution in [1.29, 1.82) is 0 Å². The van der Waals surface area contributed by atoms with Crippen LogP contribution in [0.2, 0.25) is 5.02 Å². The summed E-state index contributed by atoms with van der Waals surface area (Å²) in [4.78, 5) is 39.0. The van der Waals surface area contributed by atoms with E-state index in [-0.39, 0.29) is 28.4 Å². The van der Waals surface area contributed by atoms with Crippen molar-refractivity contribution in [1.82, 2.24) is 9.38 Å². The van der Waals surface area contributed by atoms with E-state index >= 15 is 0 Å². The molecule has 0 saturated heterocycles. The van der Waals surface area contributed by atoms with Gasteiger partial charge in [0.15, 0.2) is 0 Å². The van der Waals surface area contributed by atoms with Crippen molar-refractivity contribution in [2.75, 3.05) is 0 Å². The van der Waals surface area contributed by atoms with Crippen LogP contribution in [0.5, 0.6) is 0 Å². The number of hydrogen-bond acceptors (Lipinski definition) is 6. The lowest BCUT2D eigenvalue weighted by molar-refractivity contribution is -0.385. The molecule has 0 aliphatic heterocycles. The fourth-order valence-corrected chi connectivity index (χ4v) is 2.65. The number of rotatable bonds is 4. The first-order valence-corrected chi connectivity index (χ1v) is 7.84. The van der Waals surface area contributed by atoms with E-state index in [1.54, 1.807) is 25.1 Å². The van der Waals surface area contributed by atoms with Crippen LogP contribution in [0.25, 0.3) is 5.65 Å². The monoisotopic (exact) mass is 373 g/mol. The second-order valence-electron chi connectivity index (χ2n) is 5.44. The number of fused-ring (bicyclic) bond motifs is 1. The van der Waals surface area contributed by atoms with Gasteiger partial charge in [0.05, 0.1) is 10.6 Å². The Morgan fingerprint density at radius 3 is 2.81 bits per heavy atom. The van der Waals surface area contributed by atoms with Crippen molar-refractivity contribution in [3.05, 3.63) is 84.9 Å². The Kier molecular flexibility index (Phi) is 4.68. The quantitative estimate of drug-likeness (QED) is 0.395. The van der Waals surface area contributed by atoms with Crippen LogP contribution in [-0.4, -0.2) is 20.3 Å². The number of hydrogen-bond donors (Lipinski definition) is 0. The smallest absolute Gasteiger partial charge is 0.345 e. The van der Waals surface area contributed by atoms with Gasteiger partial charge in [0.2, 0.25) is 0 Å². The molecule has 0 unspecified atom stereocenters. The summed E-state index contributed by atoms with van der Waals surface area (Å²) >= 11 is 5.72. The summed E-state index contributed by atoms with van der Waals surface area (Å²) < 4.78 is 6.51. The Hall–Kier alpha value is -3.26. The van der Waals surface area contributed by atoms with E-state index < -0.39 is 16.6 Å². The number of esters is 1. The van der Waals surface area contributed by atoms with Crippen LogP contribution in [0.1, 0.15) is 21.7 Å². The molecule has 0 bridgehead atoms. The molecule has 0 atom stereocenters. The van der Waals surface area contributed by atoms with Crippen molar-refractivity contribution in [3.8, 4) is 0 Å². The summed E-state index contributed by atoms with van der Waals surface area (Å²) in [6, 6.07) is 10.1. The third-order valence-corrected chi connectivity index (χ3v) is 3.90. The van der Waals surface area contributed by atoms with E-state index in [9.17, 15) is 19.7 Å². The van der Waals surface area contributed by atoms with Gasteiger partial charge in [-0.2, -0.15) is 0 Å². The van der Waals surface area contributed by atoms with E-state index in [4.69, 9.17) is 16.3 Å². The number of nitrogens with zero attached hydrogens (tertiary/aromatic N) is 3. The number of nitro groups is 1. The lowest BCUT2D eigenvalue weighted by Crippen LogP contribution is -2.18. The number of benzene rings is 1. The van der Waals surface area contributed by atoms with E-state index in [1.165, 1.54) is 22.6 Å². The summed E-state index contributed by atoms with van der Waals surface area (Å²) in [7, 11) is 0. The molecule has 0 N–H and O–H groups in total. The Morgan fingerprint density at radius 2 is 2.08 bits per heavy atom. The van der Waals surface area contributed by atoms with Crippen LogP contribution in [-0.2, 0) is 11.3 Å². The topological polar surface area (TPSA) is 104 Å². The standard InChI is InChI=1S/C17H12ClN3O5/c1-10-3-2-4-15-19-12(8-16(22)20(10)15)9-26-17(23)13-6-5-11(18)7-14(13)21(24)25/h2-8H,9H2,1H3. The van der Waals surface area contributed by atoms with Crippen LogP contribution in [0.15, 0.2) is 47.3 Å². The van der Waals surface area contributed by atoms with Crippen molar-refractivity contribution < 1.29 is 14.5 Å². The third-order valence-electron chi connectivity index (χ3n) is 3.66. The number of nitro benzene ring substituents is 1. The molecule has 1 aromatic carbocycles. The summed E-state index contributed by atoms with van der Waals surface area (Å²) in [5, 5.41) is 11.2. The number of carbonyl (C=O) groups excluding carboxylic acids is 1. The zero-order valence-electron chi connectivity index (χ0n) is 13.5. The second-order valence-corrected chi connectivity index (χ2v) is 5.88. The average molecular weight is 374 g/mol. The molecule has 9 heteroatoms. The lowest BCUT2D eigenvalue weighted by atomic mass is 10.2. The van der Waals surface area contributed by atoms with Gasteiger partial charge in [-0.1, -0.05) is 17.7 Å². The average Bonchev–Trinajstić information content (AvgIpc) is 2.59. The zero-order valence-corrected chi connectivity index (χ0v) is 14.3. The summed E-state index contributed by atoms with van der Waals surface area (Å²) in [5.74, 6) is -0.903. The van der Waals surface area contributed by atoms with Gasteiger partial charge in [0, 0.05) is 22.8 Å². The molecule has 0 amide bonds. The van der Waals surface area contributed by atoms with Gasteiger partial charge in [-0.15, -0.1) is 0 Å². The first kappa shape index (κ1) is 17.6. The molecule has 0 aliphatic carbocycles. The SMILES string of the molecule is Cc1cccc2nc(COC(=O)c3ccc(Cl)cc3[N+](=O)[O-])cc(=O)n12. The molecule has 3 rings (SSSR count). The van der Waals surface area contributed by atoms with Crippen molar-refractivity contribution in [2.45, 2.75) is 13.5 Å². The maximum Gasteiger partial charge on any atom is 0.345 e. The summed E-state index contributed by atoms with van der Waals surface area (Å²) in [6.07, 6.45) is 0. The van der Waals surface area contributed by atoms with Crippen molar-refractivity contribution >= 4 is 28.9 Å². The van der Waals surface area contributed by atoms with Crippen LogP contribution in [0, 0.1) is 17.0 Å². The van der Waals surface area contributed by atoms with Crippen molar-refractivity contribution in [3.63, 3.8) is 0 Å². The first-order valence-electron chi connectivity index (χ1n) is 7.46. The highest BCUT2D eigenvalue weighted by molar-refractivity contribution is 6.31. The molecule has 3 aromatic rings. The Balaban J connectivity index is 1.86. The number of aromatic nitrogens is 2. The molecule has 26 heavy (non-hydrogen) atoms. The molecule has 0 saturated carbocycles. The number of carbonyl (C=O) groups is 1. The lowest BCUT2D eigenvalue weighted by Gasteiger charge is -2.08. The third kappa shape index (κ3) is 3.40. The first-order chi connectivity index (χ1) is 12.4. The van der Waals surface area contributed by atoms with Gasteiger partial charge in [-0.05, 0) is 31.2 Å². The summed E-state index contributed by atoms with van der Waals surface area (Å²) in [6.45, 7) is 1.48. The normalized spacial score (nSPS) is 10.7.